The number of nitrogens with zero attached hydrogens (tertiary/aromatic N) is 4. The fourth-order valence-corrected chi connectivity index (χ4v) is 3.50. The molecule has 2 aromatic rings. The van der Waals surface area contributed by atoms with Gasteiger partial charge in [0.2, 0.25) is 0 Å². The second-order valence-electron chi connectivity index (χ2n) is 5.49. The molecule has 1 saturated heterocycles. The van der Waals surface area contributed by atoms with Crippen LogP contribution in [-0.2, 0) is 6.54 Å². The summed E-state index contributed by atoms with van der Waals surface area (Å²) in [7, 11) is 0. The molecule has 0 radical (unpaired) electrons. The predicted octanol–water partition coefficient (Wildman–Crippen LogP) is 2.05. The molecule has 0 bridgehead atoms. The molecular weight excluding hydrogens is 371 g/mol. The molecular formula is C14H22Cl2N6OS. The van der Waals surface area contributed by atoms with Gasteiger partial charge in [0.05, 0.1) is 29.5 Å². The topological polar surface area (TPSA) is 84.7 Å². The van der Waals surface area contributed by atoms with Crippen molar-refractivity contribution in [3.63, 3.8) is 0 Å². The van der Waals surface area contributed by atoms with Crippen LogP contribution in [0.2, 0.25) is 0 Å². The lowest BCUT2D eigenvalue weighted by Crippen LogP contribution is -2.29. The van der Waals surface area contributed by atoms with Crippen LogP contribution in [0, 0.1) is 13.8 Å². The van der Waals surface area contributed by atoms with Crippen LogP contribution < -0.4 is 10.6 Å². The fraction of sp³-hybridized carbons (Fsp3) is 0.571. The molecule has 2 N–H and O–H groups in total. The predicted molar refractivity (Wildman–Crippen MR) is 98.4 cm³/mol. The average Bonchev–Trinajstić information content (AvgIpc) is 3.12. The van der Waals surface area contributed by atoms with Crippen molar-refractivity contribution in [2.45, 2.75) is 39.3 Å². The van der Waals surface area contributed by atoms with Gasteiger partial charge in [-0.25, -0.2) is 9.67 Å². The van der Waals surface area contributed by atoms with E-state index >= 15 is 0 Å². The van der Waals surface area contributed by atoms with Crippen molar-refractivity contribution in [2.24, 2.45) is 0 Å². The van der Waals surface area contributed by atoms with Gasteiger partial charge in [-0.2, -0.15) is 0 Å². The highest BCUT2D eigenvalue weighted by Gasteiger charge is 2.18. The van der Waals surface area contributed by atoms with E-state index in [0.29, 0.717) is 18.3 Å². The summed E-state index contributed by atoms with van der Waals surface area (Å²) in [6.45, 7) is 6.37. The van der Waals surface area contributed by atoms with Crippen LogP contribution in [0.3, 0.4) is 0 Å². The van der Waals surface area contributed by atoms with E-state index in [-0.39, 0.29) is 30.7 Å². The van der Waals surface area contributed by atoms with Crippen LogP contribution in [0.1, 0.15) is 45.0 Å². The molecule has 3 heterocycles. The molecule has 0 unspecified atom stereocenters. The van der Waals surface area contributed by atoms with Crippen molar-refractivity contribution in [1.29, 1.82) is 0 Å². The number of hydrogen-bond acceptors (Lipinski definition) is 6. The summed E-state index contributed by atoms with van der Waals surface area (Å²) in [5, 5.41) is 15.3. The van der Waals surface area contributed by atoms with Crippen molar-refractivity contribution in [3.8, 4) is 0 Å². The Kier molecular flexibility index (Phi) is 8.08. The summed E-state index contributed by atoms with van der Waals surface area (Å²) in [6, 6.07) is 0.335. The quantitative estimate of drug-likeness (QED) is 0.831. The smallest absolute Gasteiger partial charge is 0.273 e. The van der Waals surface area contributed by atoms with Gasteiger partial charge in [-0.1, -0.05) is 5.21 Å². The zero-order valence-electron chi connectivity index (χ0n) is 13.6. The van der Waals surface area contributed by atoms with Crippen LogP contribution >= 0.6 is 36.2 Å². The normalized spacial score (nSPS) is 14.6. The van der Waals surface area contributed by atoms with E-state index in [1.807, 2.05) is 18.5 Å². The zero-order valence-corrected chi connectivity index (χ0v) is 16.1. The van der Waals surface area contributed by atoms with E-state index in [0.717, 1.165) is 41.5 Å². The Bertz CT molecular complexity index is 668. The zero-order chi connectivity index (χ0) is 15.5. The number of thiazole rings is 1. The summed E-state index contributed by atoms with van der Waals surface area (Å²) < 4.78 is 1.82. The first kappa shape index (κ1) is 20.8. The molecule has 1 fully saturated rings. The number of carbonyl (C=O) groups is 1. The Labute approximate surface area is 157 Å². The third-order valence-electron chi connectivity index (χ3n) is 3.83. The van der Waals surface area contributed by atoms with Gasteiger partial charge in [0, 0.05) is 4.88 Å². The molecule has 10 heteroatoms. The largest absolute Gasteiger partial charge is 0.346 e. The number of amides is 1. The fourth-order valence-electron chi connectivity index (χ4n) is 2.62. The number of rotatable bonds is 4. The van der Waals surface area contributed by atoms with Gasteiger partial charge in [-0.05, 0) is 39.8 Å². The van der Waals surface area contributed by atoms with Crippen LogP contribution in [0.25, 0.3) is 0 Å². The molecule has 0 atom stereocenters. The Hall–Kier alpha value is -1.22. The highest BCUT2D eigenvalue weighted by molar-refractivity contribution is 7.11. The molecule has 134 valence electrons. The maximum absolute atomic E-state index is 12.2. The van der Waals surface area contributed by atoms with E-state index in [9.17, 15) is 4.79 Å². The van der Waals surface area contributed by atoms with Crippen molar-refractivity contribution in [3.05, 3.63) is 27.5 Å². The highest BCUT2D eigenvalue weighted by Crippen LogP contribution is 2.18. The number of piperidine rings is 1. The van der Waals surface area contributed by atoms with Gasteiger partial charge in [-0.15, -0.1) is 41.2 Å². The molecule has 7 nitrogen and oxygen atoms in total. The van der Waals surface area contributed by atoms with E-state index in [1.54, 1.807) is 17.5 Å². The van der Waals surface area contributed by atoms with Crippen molar-refractivity contribution < 1.29 is 4.79 Å². The number of halogens is 2. The Morgan fingerprint density at radius 1 is 1.38 bits per heavy atom. The number of aromatic nitrogens is 4. The molecule has 0 saturated carbocycles. The third kappa shape index (κ3) is 4.89. The first-order valence-corrected chi connectivity index (χ1v) is 8.29. The first-order valence-electron chi connectivity index (χ1n) is 7.47. The number of nitrogens with one attached hydrogen (secondary N) is 2. The van der Waals surface area contributed by atoms with Crippen molar-refractivity contribution in [2.75, 3.05) is 13.1 Å². The molecule has 3 rings (SSSR count). The Morgan fingerprint density at radius 3 is 2.71 bits per heavy atom. The van der Waals surface area contributed by atoms with Gasteiger partial charge < -0.3 is 10.6 Å². The lowest BCUT2D eigenvalue weighted by molar-refractivity contribution is 0.0946. The third-order valence-corrected chi connectivity index (χ3v) is 4.91. The summed E-state index contributed by atoms with van der Waals surface area (Å²) in [5.41, 5.74) is 1.35. The lowest BCUT2D eigenvalue weighted by atomic mass is 10.1. The molecule has 0 spiro atoms. The van der Waals surface area contributed by atoms with E-state index in [4.69, 9.17) is 0 Å². The second-order valence-corrected chi connectivity index (χ2v) is 6.78. The van der Waals surface area contributed by atoms with E-state index < -0.39 is 0 Å². The van der Waals surface area contributed by atoms with Crippen LogP contribution in [0.15, 0.2) is 6.20 Å². The van der Waals surface area contributed by atoms with Gasteiger partial charge in [0.15, 0.2) is 5.69 Å². The van der Waals surface area contributed by atoms with E-state index in [1.165, 1.54) is 0 Å². The molecule has 24 heavy (non-hydrogen) atoms. The summed E-state index contributed by atoms with van der Waals surface area (Å²) >= 11 is 1.61. The van der Waals surface area contributed by atoms with E-state index in [2.05, 4.69) is 25.9 Å². The number of hydrogen-bond donors (Lipinski definition) is 2. The van der Waals surface area contributed by atoms with Crippen molar-refractivity contribution >= 4 is 42.1 Å². The second kappa shape index (κ2) is 9.31. The summed E-state index contributed by atoms with van der Waals surface area (Å²) in [6.07, 6.45) is 3.78. The molecule has 1 aliphatic heterocycles. The molecule has 0 aliphatic carbocycles. The molecule has 0 aromatic carbocycles. The van der Waals surface area contributed by atoms with Crippen LogP contribution in [-0.4, -0.2) is 39.0 Å². The molecule has 1 aliphatic rings. The van der Waals surface area contributed by atoms with Crippen molar-refractivity contribution in [1.82, 2.24) is 30.6 Å². The highest BCUT2D eigenvalue weighted by atomic mass is 35.5. The molecule has 2 aromatic heterocycles. The van der Waals surface area contributed by atoms with Gasteiger partial charge in [0.25, 0.3) is 5.91 Å². The Balaban J connectivity index is 0.00000144. The Morgan fingerprint density at radius 2 is 2.08 bits per heavy atom. The first-order chi connectivity index (χ1) is 10.6. The minimum Gasteiger partial charge on any atom is -0.346 e. The molecule has 1 amide bonds. The average molecular weight is 393 g/mol. The van der Waals surface area contributed by atoms with Crippen LogP contribution in [0.4, 0.5) is 0 Å². The van der Waals surface area contributed by atoms with Gasteiger partial charge in [0.1, 0.15) is 0 Å². The minimum atomic E-state index is -0.189. The lowest BCUT2D eigenvalue weighted by Gasteiger charge is -2.22. The number of carbonyl (C=O) groups excluding carboxylic acids is 1. The maximum Gasteiger partial charge on any atom is 0.273 e. The standard InChI is InChI=1S/C14H20N6OS.2ClH/c1-9-13(22-10(2)17-9)7-16-14(21)12-8-20(19-18-12)11-3-5-15-6-4-11;;/h8,11,15H,3-7H2,1-2H3,(H,16,21);2*1H. The SMILES string of the molecule is Cc1nc(C)c(CNC(=O)c2cn(C3CCNCC3)nn2)s1.Cl.Cl. The van der Waals surface area contributed by atoms with Gasteiger partial charge >= 0.3 is 0 Å². The van der Waals surface area contributed by atoms with Crippen LogP contribution in [0.5, 0.6) is 0 Å². The minimum absolute atomic E-state index is 0. The monoisotopic (exact) mass is 392 g/mol. The van der Waals surface area contributed by atoms with Gasteiger partial charge in [-0.3, -0.25) is 4.79 Å². The summed E-state index contributed by atoms with van der Waals surface area (Å²) in [5.74, 6) is -0.189. The summed E-state index contributed by atoms with van der Waals surface area (Å²) in [4.78, 5) is 17.6. The number of aryl methyl sites for hydroxylation is 2. The maximum atomic E-state index is 12.2.